The minimum absolute atomic E-state index is 0.396. The van der Waals surface area contributed by atoms with Crippen molar-refractivity contribution in [3.8, 4) is 0 Å². The molecular formula is C24H39N3O4S. The number of ether oxygens (including phenoxy) is 2. The quantitative estimate of drug-likeness (QED) is 0.515. The van der Waals surface area contributed by atoms with Crippen molar-refractivity contribution in [3.05, 3.63) is 29.8 Å². The number of fused-ring (bicyclic) bond motifs is 1. The van der Waals surface area contributed by atoms with Gasteiger partial charge in [0.2, 0.25) is 0 Å². The lowest BCUT2D eigenvalue weighted by Crippen LogP contribution is -2.56. The summed E-state index contributed by atoms with van der Waals surface area (Å²) in [6.07, 6.45) is 4.86. The Hall–Kier alpha value is -1.03. The van der Waals surface area contributed by atoms with Crippen LogP contribution in [0.2, 0.25) is 0 Å². The van der Waals surface area contributed by atoms with Gasteiger partial charge in [0.15, 0.2) is 9.84 Å². The monoisotopic (exact) mass is 465 g/mol. The molecule has 8 heteroatoms. The zero-order chi connectivity index (χ0) is 22.4. The van der Waals surface area contributed by atoms with E-state index in [9.17, 15) is 8.42 Å². The number of piperazine rings is 1. The molecule has 7 nitrogen and oxygen atoms in total. The first-order chi connectivity index (χ1) is 15.5. The van der Waals surface area contributed by atoms with Gasteiger partial charge in [-0.1, -0.05) is 12.1 Å². The molecule has 0 spiro atoms. The van der Waals surface area contributed by atoms with Crippen LogP contribution >= 0.6 is 0 Å². The van der Waals surface area contributed by atoms with Gasteiger partial charge in [0.1, 0.15) is 0 Å². The molecule has 3 fully saturated rings. The summed E-state index contributed by atoms with van der Waals surface area (Å²) < 4.78 is 34.7. The first-order valence-electron chi connectivity index (χ1n) is 12.1. The summed E-state index contributed by atoms with van der Waals surface area (Å²) in [5, 5.41) is 0. The van der Waals surface area contributed by atoms with E-state index in [0.29, 0.717) is 16.9 Å². The first kappa shape index (κ1) is 24.1. The van der Waals surface area contributed by atoms with E-state index in [2.05, 4.69) is 14.7 Å². The van der Waals surface area contributed by atoms with E-state index in [1.54, 1.807) is 12.1 Å². The van der Waals surface area contributed by atoms with Crippen LogP contribution in [0.5, 0.6) is 0 Å². The van der Waals surface area contributed by atoms with Gasteiger partial charge < -0.3 is 9.47 Å². The highest BCUT2D eigenvalue weighted by molar-refractivity contribution is 7.90. The van der Waals surface area contributed by atoms with E-state index in [1.165, 1.54) is 24.7 Å². The number of benzene rings is 1. The largest absolute Gasteiger partial charge is 0.381 e. The van der Waals surface area contributed by atoms with Gasteiger partial charge in [-0.05, 0) is 42.9 Å². The van der Waals surface area contributed by atoms with Crippen molar-refractivity contribution in [3.63, 3.8) is 0 Å². The fourth-order valence-corrected chi connectivity index (χ4v) is 5.80. The number of hydrogen-bond donors (Lipinski definition) is 0. The lowest BCUT2D eigenvalue weighted by atomic mass is 9.91. The number of sulfone groups is 1. The van der Waals surface area contributed by atoms with Crippen molar-refractivity contribution in [1.29, 1.82) is 0 Å². The van der Waals surface area contributed by atoms with E-state index in [1.807, 2.05) is 12.1 Å². The molecule has 0 bridgehead atoms. The topological polar surface area (TPSA) is 62.3 Å². The molecule has 3 aliphatic heterocycles. The van der Waals surface area contributed by atoms with E-state index in [0.717, 1.165) is 85.2 Å². The maximum Gasteiger partial charge on any atom is 0.175 e. The highest BCUT2D eigenvalue weighted by Crippen LogP contribution is 2.26. The Bertz CT molecular complexity index is 811. The molecule has 3 saturated heterocycles. The number of morpholine rings is 1. The fraction of sp³-hybridized carbons (Fsp3) is 0.750. The number of rotatable bonds is 9. The van der Waals surface area contributed by atoms with Crippen LogP contribution in [0.4, 0.5) is 0 Å². The molecule has 4 rings (SSSR count). The molecule has 0 amide bonds. The van der Waals surface area contributed by atoms with E-state index in [4.69, 9.17) is 9.47 Å². The molecule has 0 N–H and O–H groups in total. The molecule has 1 aromatic rings. The van der Waals surface area contributed by atoms with Gasteiger partial charge in [-0.2, -0.15) is 0 Å². The highest BCUT2D eigenvalue weighted by Gasteiger charge is 2.32. The Morgan fingerprint density at radius 3 is 2.53 bits per heavy atom. The third-order valence-electron chi connectivity index (χ3n) is 7.07. The third kappa shape index (κ3) is 6.98. The average molecular weight is 466 g/mol. The maximum atomic E-state index is 11.7. The Labute approximate surface area is 193 Å². The highest BCUT2D eigenvalue weighted by atomic mass is 32.2. The first-order valence-corrected chi connectivity index (χ1v) is 14.0. The van der Waals surface area contributed by atoms with E-state index >= 15 is 0 Å². The summed E-state index contributed by atoms with van der Waals surface area (Å²) >= 11 is 0. The van der Waals surface area contributed by atoms with Crippen LogP contribution in [0, 0.1) is 5.92 Å². The van der Waals surface area contributed by atoms with Crippen LogP contribution in [0.25, 0.3) is 0 Å². The van der Waals surface area contributed by atoms with Gasteiger partial charge in [-0.3, -0.25) is 14.7 Å². The SMILES string of the molecule is CS(=O)(=O)c1ccc(CN2CCN3CC(COCCCN4CCOCC4)CCC3C2)cc1. The van der Waals surface area contributed by atoms with Crippen molar-refractivity contribution < 1.29 is 17.9 Å². The predicted molar refractivity (Wildman–Crippen MR) is 126 cm³/mol. The molecule has 1 aromatic carbocycles. The van der Waals surface area contributed by atoms with Crippen LogP contribution in [-0.2, 0) is 25.9 Å². The second kappa shape index (κ2) is 11.4. The summed E-state index contributed by atoms with van der Waals surface area (Å²) in [7, 11) is -3.13. The molecule has 0 saturated carbocycles. The zero-order valence-electron chi connectivity index (χ0n) is 19.5. The van der Waals surface area contributed by atoms with Gasteiger partial charge in [0.05, 0.1) is 24.7 Å². The third-order valence-corrected chi connectivity index (χ3v) is 8.20. The Balaban J connectivity index is 1.13. The molecule has 32 heavy (non-hydrogen) atoms. The maximum absolute atomic E-state index is 11.7. The molecule has 0 aliphatic carbocycles. The van der Waals surface area contributed by atoms with Gasteiger partial charge in [0.25, 0.3) is 0 Å². The average Bonchev–Trinajstić information content (AvgIpc) is 2.79. The summed E-state index contributed by atoms with van der Waals surface area (Å²) in [5.74, 6) is 0.657. The van der Waals surface area contributed by atoms with Gasteiger partial charge in [-0.15, -0.1) is 0 Å². The summed E-state index contributed by atoms with van der Waals surface area (Å²) in [6.45, 7) is 12.1. The standard InChI is InChI=1S/C24H39N3O4S/c1-32(28,29)24-7-4-21(5-8-24)17-26-10-11-27-18-22(3-6-23(27)19-26)20-31-14-2-9-25-12-15-30-16-13-25/h4-5,7-8,22-23H,2-3,6,9-20H2,1H3. The van der Waals surface area contributed by atoms with Crippen molar-refractivity contribution in [2.45, 2.75) is 36.7 Å². The summed E-state index contributed by atoms with van der Waals surface area (Å²) in [5.41, 5.74) is 1.19. The summed E-state index contributed by atoms with van der Waals surface area (Å²) in [6, 6.07) is 8.00. The summed E-state index contributed by atoms with van der Waals surface area (Å²) in [4.78, 5) is 8.04. The van der Waals surface area contributed by atoms with E-state index < -0.39 is 9.84 Å². The van der Waals surface area contributed by atoms with Crippen molar-refractivity contribution >= 4 is 9.84 Å². The van der Waals surface area contributed by atoms with Crippen LogP contribution in [-0.4, -0.2) is 108 Å². The number of nitrogens with zero attached hydrogens (tertiary/aromatic N) is 3. The second-order valence-electron chi connectivity index (χ2n) is 9.63. The molecule has 3 heterocycles. The molecule has 2 unspecified atom stereocenters. The lowest BCUT2D eigenvalue weighted by molar-refractivity contribution is -0.00514. The predicted octanol–water partition coefficient (Wildman–Crippen LogP) is 1.73. The van der Waals surface area contributed by atoms with Crippen LogP contribution in [0.1, 0.15) is 24.8 Å². The van der Waals surface area contributed by atoms with E-state index in [-0.39, 0.29) is 0 Å². The number of hydrogen-bond acceptors (Lipinski definition) is 7. The molecule has 0 radical (unpaired) electrons. The minimum atomic E-state index is -3.13. The van der Waals surface area contributed by atoms with Crippen LogP contribution < -0.4 is 0 Å². The lowest BCUT2D eigenvalue weighted by Gasteiger charge is -2.46. The normalized spacial score (nSPS) is 26.2. The van der Waals surface area contributed by atoms with Crippen LogP contribution in [0.15, 0.2) is 29.2 Å². The molecule has 2 atom stereocenters. The Kier molecular flexibility index (Phi) is 8.59. The molecular weight excluding hydrogens is 426 g/mol. The van der Waals surface area contributed by atoms with Gasteiger partial charge >= 0.3 is 0 Å². The van der Waals surface area contributed by atoms with Crippen molar-refractivity contribution in [1.82, 2.24) is 14.7 Å². The molecule has 0 aromatic heterocycles. The zero-order valence-corrected chi connectivity index (χ0v) is 20.3. The minimum Gasteiger partial charge on any atom is -0.381 e. The van der Waals surface area contributed by atoms with Crippen LogP contribution in [0.3, 0.4) is 0 Å². The second-order valence-corrected chi connectivity index (χ2v) is 11.6. The van der Waals surface area contributed by atoms with Crippen molar-refractivity contribution in [2.24, 2.45) is 5.92 Å². The molecule has 3 aliphatic rings. The Morgan fingerprint density at radius 2 is 1.78 bits per heavy atom. The molecule has 180 valence electrons. The fourth-order valence-electron chi connectivity index (χ4n) is 5.17. The van der Waals surface area contributed by atoms with Gasteiger partial charge in [0, 0.05) is 71.3 Å². The van der Waals surface area contributed by atoms with Crippen molar-refractivity contribution in [2.75, 3.05) is 78.5 Å². The smallest absolute Gasteiger partial charge is 0.175 e. The number of piperidine rings is 1. The Morgan fingerprint density at radius 1 is 1.00 bits per heavy atom. The van der Waals surface area contributed by atoms with Gasteiger partial charge in [-0.25, -0.2) is 8.42 Å².